The monoisotopic (exact) mass is 489 g/mol. The van der Waals surface area contributed by atoms with Crippen molar-refractivity contribution in [2.45, 2.75) is 78.3 Å². The summed E-state index contributed by atoms with van der Waals surface area (Å²) < 4.78 is 5.59. The Bertz CT molecular complexity index is 1040. The van der Waals surface area contributed by atoms with Gasteiger partial charge in [0, 0.05) is 55.0 Å². The van der Waals surface area contributed by atoms with Crippen LogP contribution in [0.3, 0.4) is 0 Å². The van der Waals surface area contributed by atoms with Crippen LogP contribution in [0.15, 0.2) is 49.6 Å². The molecule has 0 radical (unpaired) electrons. The summed E-state index contributed by atoms with van der Waals surface area (Å²) in [5, 5.41) is 3.21. The zero-order valence-corrected chi connectivity index (χ0v) is 22.4. The lowest BCUT2D eigenvalue weighted by atomic mass is 9.97. The van der Waals surface area contributed by atoms with E-state index in [0.29, 0.717) is 19.0 Å². The van der Waals surface area contributed by atoms with Crippen molar-refractivity contribution in [3.8, 4) is 0 Å². The summed E-state index contributed by atoms with van der Waals surface area (Å²) in [5.41, 5.74) is 7.33. The van der Waals surface area contributed by atoms with Gasteiger partial charge in [0.25, 0.3) is 5.91 Å². The summed E-state index contributed by atoms with van der Waals surface area (Å²) in [6.45, 7) is 17.0. The normalized spacial score (nSPS) is 13.9. The number of anilines is 1. The third-order valence-corrected chi connectivity index (χ3v) is 7.11. The number of aryl methyl sites for hydroxylation is 3. The second-order valence-corrected chi connectivity index (χ2v) is 9.63. The molecule has 1 aromatic heterocycles. The number of carbonyl (C=O) groups excluding carboxylic acids is 1. The number of ether oxygens (including phenoxy) is 1. The van der Waals surface area contributed by atoms with Gasteiger partial charge in [-0.25, -0.2) is 0 Å². The first-order valence-corrected chi connectivity index (χ1v) is 13.4. The molecule has 1 N–H and O–H groups in total. The molecular weight excluding hydrogens is 446 g/mol. The van der Waals surface area contributed by atoms with E-state index in [9.17, 15) is 4.79 Å². The predicted molar refractivity (Wildman–Crippen MR) is 150 cm³/mol. The third kappa shape index (κ3) is 7.07. The number of amides is 1. The fourth-order valence-electron chi connectivity index (χ4n) is 5.31. The van der Waals surface area contributed by atoms with Crippen molar-refractivity contribution >= 4 is 11.6 Å². The van der Waals surface area contributed by atoms with Crippen LogP contribution in [0.25, 0.3) is 0 Å². The molecule has 1 aliphatic rings. The summed E-state index contributed by atoms with van der Waals surface area (Å²) >= 11 is 0. The number of nitrogens with zero attached hydrogens (tertiary/aromatic N) is 2. The lowest BCUT2D eigenvalue weighted by Crippen LogP contribution is -2.40. The first-order chi connectivity index (χ1) is 17.5. The molecule has 1 aliphatic heterocycles. The highest BCUT2D eigenvalue weighted by Gasteiger charge is 2.24. The number of aromatic nitrogens is 1. The Hall–Kier alpha value is -2.92. The fraction of sp³-hybridized carbons (Fsp3) is 0.484. The SMILES string of the molecule is C=CCCCCc1cc(C)nc(C)c1CNC(=O)c1cccc(N(CC)C2CCOCC2)c1CC=C. The number of hydrogen-bond acceptors (Lipinski definition) is 4. The van der Waals surface area contributed by atoms with Crippen LogP contribution in [-0.2, 0) is 24.1 Å². The maximum atomic E-state index is 13.5. The summed E-state index contributed by atoms with van der Waals surface area (Å²) in [7, 11) is 0. The van der Waals surface area contributed by atoms with Crippen molar-refractivity contribution in [1.82, 2.24) is 10.3 Å². The molecule has 2 aromatic rings. The number of rotatable bonds is 13. The zero-order chi connectivity index (χ0) is 25.9. The van der Waals surface area contributed by atoms with Gasteiger partial charge in [-0.2, -0.15) is 0 Å². The number of benzene rings is 1. The van der Waals surface area contributed by atoms with Crippen LogP contribution in [0.1, 0.15) is 77.5 Å². The Morgan fingerprint density at radius 2 is 1.94 bits per heavy atom. The second-order valence-electron chi connectivity index (χ2n) is 9.63. The van der Waals surface area contributed by atoms with Crippen LogP contribution in [0.5, 0.6) is 0 Å². The molecule has 0 saturated carbocycles. The van der Waals surface area contributed by atoms with Crippen LogP contribution in [-0.4, -0.2) is 36.7 Å². The Morgan fingerprint density at radius 3 is 2.64 bits per heavy atom. The van der Waals surface area contributed by atoms with Crippen molar-refractivity contribution in [1.29, 1.82) is 0 Å². The summed E-state index contributed by atoms with van der Waals surface area (Å²) in [6, 6.07) is 8.67. The van der Waals surface area contributed by atoms with E-state index in [-0.39, 0.29) is 5.91 Å². The minimum absolute atomic E-state index is 0.0469. The number of nitrogens with one attached hydrogen (secondary N) is 1. The third-order valence-electron chi connectivity index (χ3n) is 7.11. The van der Waals surface area contributed by atoms with E-state index in [4.69, 9.17) is 4.74 Å². The lowest BCUT2D eigenvalue weighted by molar-refractivity contribution is 0.0845. The topological polar surface area (TPSA) is 54.5 Å². The largest absolute Gasteiger partial charge is 0.381 e. The van der Waals surface area contributed by atoms with Gasteiger partial charge in [0.1, 0.15) is 0 Å². The summed E-state index contributed by atoms with van der Waals surface area (Å²) in [6.07, 6.45) is 10.8. The second kappa shape index (κ2) is 14.0. The van der Waals surface area contributed by atoms with Gasteiger partial charge in [0.2, 0.25) is 0 Å². The van der Waals surface area contributed by atoms with E-state index < -0.39 is 0 Å². The molecule has 0 atom stereocenters. The number of allylic oxidation sites excluding steroid dienone is 2. The highest BCUT2D eigenvalue weighted by molar-refractivity contribution is 5.97. The zero-order valence-electron chi connectivity index (χ0n) is 22.4. The van der Waals surface area contributed by atoms with E-state index in [1.807, 2.05) is 38.1 Å². The van der Waals surface area contributed by atoms with E-state index >= 15 is 0 Å². The van der Waals surface area contributed by atoms with Gasteiger partial charge in [-0.1, -0.05) is 18.2 Å². The van der Waals surface area contributed by atoms with Gasteiger partial charge in [0.05, 0.1) is 0 Å². The van der Waals surface area contributed by atoms with E-state index in [0.717, 1.165) is 92.0 Å². The predicted octanol–water partition coefficient (Wildman–Crippen LogP) is 6.26. The molecule has 0 unspecified atom stereocenters. The average Bonchev–Trinajstić information content (AvgIpc) is 2.88. The Morgan fingerprint density at radius 1 is 1.17 bits per heavy atom. The number of unbranched alkanes of at least 4 members (excludes halogenated alkanes) is 2. The molecule has 0 bridgehead atoms. The standard InChI is InChI=1S/C31H43N3O2/c1-6-9-10-11-14-25-21-23(4)33-24(5)29(25)22-32-31(35)28-15-12-16-30(27(28)13-7-2)34(8-3)26-17-19-36-20-18-26/h6-7,12,15-16,21,26H,1-2,8-11,13-14,17-20,22H2,3-5H3,(H,32,35). The van der Waals surface area contributed by atoms with Gasteiger partial charge >= 0.3 is 0 Å². The van der Waals surface area contributed by atoms with Crippen LogP contribution >= 0.6 is 0 Å². The number of carbonyl (C=O) groups is 1. The number of pyridine rings is 1. The maximum Gasteiger partial charge on any atom is 0.251 e. The molecule has 5 nitrogen and oxygen atoms in total. The quantitative estimate of drug-likeness (QED) is 0.266. The van der Waals surface area contributed by atoms with Gasteiger partial charge in [-0.15, -0.1) is 13.2 Å². The van der Waals surface area contributed by atoms with Gasteiger partial charge in [-0.3, -0.25) is 9.78 Å². The van der Waals surface area contributed by atoms with Gasteiger partial charge in [-0.05, 0) is 101 Å². The Labute approximate surface area is 217 Å². The molecule has 1 aromatic carbocycles. The highest BCUT2D eigenvalue weighted by atomic mass is 16.5. The molecule has 1 amide bonds. The first kappa shape index (κ1) is 27.7. The Balaban J connectivity index is 1.83. The van der Waals surface area contributed by atoms with Crippen molar-refractivity contribution in [3.63, 3.8) is 0 Å². The molecule has 5 heteroatoms. The molecular formula is C31H43N3O2. The van der Waals surface area contributed by atoms with Crippen molar-refractivity contribution < 1.29 is 9.53 Å². The molecule has 0 aliphatic carbocycles. The van der Waals surface area contributed by atoms with Crippen molar-refractivity contribution in [3.05, 3.63) is 83.2 Å². The summed E-state index contributed by atoms with van der Waals surface area (Å²) in [4.78, 5) is 20.6. The average molecular weight is 490 g/mol. The molecule has 194 valence electrons. The van der Waals surface area contributed by atoms with Crippen LogP contribution in [0.2, 0.25) is 0 Å². The summed E-state index contributed by atoms with van der Waals surface area (Å²) in [5.74, 6) is -0.0469. The number of hydrogen-bond donors (Lipinski definition) is 1. The van der Waals surface area contributed by atoms with E-state index in [1.54, 1.807) is 0 Å². The van der Waals surface area contributed by atoms with Crippen LogP contribution < -0.4 is 10.2 Å². The molecule has 1 fully saturated rings. The van der Waals surface area contributed by atoms with Gasteiger partial charge in [0.15, 0.2) is 0 Å². The smallest absolute Gasteiger partial charge is 0.251 e. The van der Waals surface area contributed by atoms with Crippen molar-refractivity contribution in [2.24, 2.45) is 0 Å². The lowest BCUT2D eigenvalue weighted by Gasteiger charge is -2.37. The minimum atomic E-state index is -0.0469. The minimum Gasteiger partial charge on any atom is -0.381 e. The molecule has 36 heavy (non-hydrogen) atoms. The van der Waals surface area contributed by atoms with Crippen LogP contribution in [0.4, 0.5) is 5.69 Å². The van der Waals surface area contributed by atoms with E-state index in [1.165, 1.54) is 5.56 Å². The highest BCUT2D eigenvalue weighted by Crippen LogP contribution is 2.30. The Kier molecular flexibility index (Phi) is 10.7. The first-order valence-electron chi connectivity index (χ1n) is 13.4. The molecule has 0 spiro atoms. The van der Waals surface area contributed by atoms with E-state index in [2.05, 4.69) is 47.4 Å². The van der Waals surface area contributed by atoms with Gasteiger partial charge < -0.3 is 15.0 Å². The van der Waals surface area contributed by atoms with Crippen LogP contribution in [0, 0.1) is 13.8 Å². The molecule has 1 saturated heterocycles. The fourth-order valence-corrected chi connectivity index (χ4v) is 5.31. The molecule has 2 heterocycles. The molecule has 3 rings (SSSR count). The van der Waals surface area contributed by atoms with Crippen molar-refractivity contribution in [2.75, 3.05) is 24.7 Å². The maximum absolute atomic E-state index is 13.5.